The molecule has 1 aliphatic heterocycles. The third-order valence-corrected chi connectivity index (χ3v) is 5.45. The number of nitrogens with zero attached hydrogens (tertiary/aromatic N) is 2. The summed E-state index contributed by atoms with van der Waals surface area (Å²) in [5, 5.41) is 12.3. The molecule has 0 unspecified atom stereocenters. The fourth-order valence-electron chi connectivity index (χ4n) is 3.90. The van der Waals surface area contributed by atoms with Gasteiger partial charge in [0.15, 0.2) is 0 Å². The van der Waals surface area contributed by atoms with Crippen molar-refractivity contribution in [2.45, 2.75) is 32.3 Å². The van der Waals surface area contributed by atoms with Crippen LogP contribution in [0.25, 0.3) is 17.0 Å². The van der Waals surface area contributed by atoms with Crippen molar-refractivity contribution in [3.8, 4) is 0 Å². The summed E-state index contributed by atoms with van der Waals surface area (Å²) in [6, 6.07) is 14.1. The van der Waals surface area contributed by atoms with Crippen molar-refractivity contribution in [2.75, 3.05) is 19.6 Å². The molecular formula is C23H26N2O2. The Morgan fingerprint density at radius 3 is 2.78 bits per heavy atom. The van der Waals surface area contributed by atoms with Gasteiger partial charge < -0.3 is 9.52 Å². The summed E-state index contributed by atoms with van der Waals surface area (Å²) in [4.78, 5) is 6.95. The third-order valence-electron chi connectivity index (χ3n) is 5.45. The molecule has 2 aromatic heterocycles. The van der Waals surface area contributed by atoms with Crippen LogP contribution in [0.2, 0.25) is 0 Å². The normalized spacial score (nSPS) is 18.1. The van der Waals surface area contributed by atoms with E-state index in [1.807, 2.05) is 37.3 Å². The van der Waals surface area contributed by atoms with E-state index in [9.17, 15) is 5.11 Å². The molecule has 1 saturated heterocycles. The minimum atomic E-state index is -0.756. The highest BCUT2D eigenvalue weighted by Crippen LogP contribution is 2.34. The number of piperidine rings is 1. The Morgan fingerprint density at radius 2 is 2.04 bits per heavy atom. The minimum Gasteiger partial charge on any atom is -0.465 e. The maximum Gasteiger partial charge on any atom is 0.126 e. The van der Waals surface area contributed by atoms with Crippen molar-refractivity contribution >= 4 is 17.0 Å². The molecule has 0 atom stereocenters. The average molecular weight is 362 g/mol. The highest BCUT2D eigenvalue weighted by Gasteiger charge is 2.34. The Balaban J connectivity index is 1.43. The van der Waals surface area contributed by atoms with Gasteiger partial charge in [-0.15, -0.1) is 0 Å². The maximum atomic E-state index is 11.2. The molecular weight excluding hydrogens is 336 g/mol. The van der Waals surface area contributed by atoms with Gasteiger partial charge >= 0.3 is 0 Å². The van der Waals surface area contributed by atoms with Crippen LogP contribution in [0.5, 0.6) is 0 Å². The van der Waals surface area contributed by atoms with Crippen LogP contribution in [0.15, 0.2) is 58.7 Å². The molecule has 0 bridgehead atoms. The SMILES string of the molecule is C/C(=C\c1ccco1)CN1CCC(O)(c2ccc3nc(C)ccc3c2)CC1. The van der Waals surface area contributed by atoms with E-state index in [4.69, 9.17) is 4.42 Å². The van der Waals surface area contributed by atoms with E-state index < -0.39 is 5.60 Å². The zero-order chi connectivity index (χ0) is 18.9. The van der Waals surface area contributed by atoms with Gasteiger partial charge in [-0.1, -0.05) is 17.7 Å². The molecule has 0 aliphatic carbocycles. The summed E-state index contributed by atoms with van der Waals surface area (Å²) in [7, 11) is 0. The summed E-state index contributed by atoms with van der Waals surface area (Å²) in [5.74, 6) is 0.890. The first kappa shape index (κ1) is 18.0. The maximum absolute atomic E-state index is 11.2. The lowest BCUT2D eigenvalue weighted by atomic mass is 9.84. The summed E-state index contributed by atoms with van der Waals surface area (Å²) >= 11 is 0. The third kappa shape index (κ3) is 3.97. The molecule has 3 heterocycles. The lowest BCUT2D eigenvalue weighted by Crippen LogP contribution is -2.43. The molecule has 4 heteroatoms. The van der Waals surface area contributed by atoms with E-state index in [1.54, 1.807) is 6.26 Å². The first-order valence-corrected chi connectivity index (χ1v) is 9.55. The van der Waals surface area contributed by atoms with Crippen LogP contribution in [-0.2, 0) is 5.60 Å². The predicted octanol–water partition coefficient (Wildman–Crippen LogP) is 4.52. The van der Waals surface area contributed by atoms with Crippen LogP contribution in [0.3, 0.4) is 0 Å². The first-order valence-electron chi connectivity index (χ1n) is 9.55. The molecule has 27 heavy (non-hydrogen) atoms. The topological polar surface area (TPSA) is 49.5 Å². The molecule has 0 spiro atoms. The quantitative estimate of drug-likeness (QED) is 0.741. The van der Waals surface area contributed by atoms with Crippen LogP contribution in [-0.4, -0.2) is 34.6 Å². The number of aliphatic hydroxyl groups is 1. The smallest absolute Gasteiger partial charge is 0.126 e. The monoisotopic (exact) mass is 362 g/mol. The molecule has 1 aliphatic rings. The fraction of sp³-hybridized carbons (Fsp3) is 0.348. The Hall–Kier alpha value is -2.43. The van der Waals surface area contributed by atoms with Crippen LogP contribution in [0.4, 0.5) is 0 Å². The van der Waals surface area contributed by atoms with Crippen LogP contribution < -0.4 is 0 Å². The average Bonchev–Trinajstić information content (AvgIpc) is 3.16. The number of rotatable bonds is 4. The number of fused-ring (bicyclic) bond motifs is 1. The highest BCUT2D eigenvalue weighted by atomic mass is 16.3. The van der Waals surface area contributed by atoms with Gasteiger partial charge in [0.1, 0.15) is 5.76 Å². The van der Waals surface area contributed by atoms with E-state index in [1.165, 1.54) is 5.57 Å². The molecule has 4 nitrogen and oxygen atoms in total. The predicted molar refractivity (Wildman–Crippen MR) is 108 cm³/mol. The molecule has 140 valence electrons. The summed E-state index contributed by atoms with van der Waals surface area (Å²) in [6.07, 6.45) is 5.26. The lowest BCUT2D eigenvalue weighted by molar-refractivity contribution is -0.0237. The number of benzene rings is 1. The van der Waals surface area contributed by atoms with E-state index in [-0.39, 0.29) is 0 Å². The van der Waals surface area contributed by atoms with Gasteiger partial charge in [-0.2, -0.15) is 0 Å². The Kier molecular flexibility index (Phi) is 4.85. The van der Waals surface area contributed by atoms with Gasteiger partial charge in [0.05, 0.1) is 17.4 Å². The van der Waals surface area contributed by atoms with Crippen molar-refractivity contribution < 1.29 is 9.52 Å². The molecule has 0 amide bonds. The number of aromatic nitrogens is 1. The van der Waals surface area contributed by atoms with E-state index >= 15 is 0 Å². The number of hydrogen-bond donors (Lipinski definition) is 1. The molecule has 0 saturated carbocycles. The lowest BCUT2D eigenvalue weighted by Gasteiger charge is -2.38. The Labute approximate surface area is 160 Å². The zero-order valence-electron chi connectivity index (χ0n) is 16.0. The van der Waals surface area contributed by atoms with Gasteiger partial charge in [0.2, 0.25) is 0 Å². The number of furan rings is 1. The molecule has 0 radical (unpaired) electrons. The van der Waals surface area contributed by atoms with E-state index in [0.717, 1.165) is 60.4 Å². The second-order valence-corrected chi connectivity index (χ2v) is 7.67. The molecule has 4 rings (SSSR count). The molecule has 3 aromatic rings. The largest absolute Gasteiger partial charge is 0.465 e. The number of aryl methyl sites for hydroxylation is 1. The van der Waals surface area contributed by atoms with E-state index in [2.05, 4.69) is 35.0 Å². The standard InChI is InChI=1S/C23H26N2O2/c1-17(14-21-4-3-13-27-21)16-25-11-9-23(26,10-12-25)20-7-8-22-19(15-20)6-5-18(2)24-22/h3-8,13-15,26H,9-12,16H2,1-2H3/b17-14+. The summed E-state index contributed by atoms with van der Waals surface area (Å²) < 4.78 is 5.39. The fourth-order valence-corrected chi connectivity index (χ4v) is 3.90. The number of likely N-dealkylation sites (tertiary alicyclic amines) is 1. The van der Waals surface area contributed by atoms with Gasteiger partial charge in [-0.05, 0) is 68.7 Å². The minimum absolute atomic E-state index is 0.742. The molecule has 1 aromatic carbocycles. The second kappa shape index (κ2) is 7.29. The highest BCUT2D eigenvalue weighted by molar-refractivity contribution is 5.79. The van der Waals surface area contributed by atoms with E-state index in [0.29, 0.717) is 0 Å². The van der Waals surface area contributed by atoms with Gasteiger partial charge in [-0.3, -0.25) is 9.88 Å². The first-order chi connectivity index (χ1) is 13.0. The van der Waals surface area contributed by atoms with Gasteiger partial charge in [0.25, 0.3) is 0 Å². The van der Waals surface area contributed by atoms with Crippen LogP contribution in [0.1, 0.15) is 36.8 Å². The molecule has 1 fully saturated rings. The van der Waals surface area contributed by atoms with Gasteiger partial charge in [-0.25, -0.2) is 0 Å². The van der Waals surface area contributed by atoms with Crippen LogP contribution in [0, 0.1) is 6.92 Å². The van der Waals surface area contributed by atoms with Crippen molar-refractivity contribution in [2.24, 2.45) is 0 Å². The van der Waals surface area contributed by atoms with Gasteiger partial charge in [0, 0.05) is 30.7 Å². The van der Waals surface area contributed by atoms with Crippen LogP contribution >= 0.6 is 0 Å². The Morgan fingerprint density at radius 1 is 1.22 bits per heavy atom. The van der Waals surface area contributed by atoms with Crippen molar-refractivity contribution in [1.82, 2.24) is 9.88 Å². The zero-order valence-corrected chi connectivity index (χ0v) is 16.0. The van der Waals surface area contributed by atoms with Crippen molar-refractivity contribution in [3.63, 3.8) is 0 Å². The second-order valence-electron chi connectivity index (χ2n) is 7.67. The summed E-state index contributed by atoms with van der Waals surface area (Å²) in [6.45, 7) is 6.78. The summed E-state index contributed by atoms with van der Waals surface area (Å²) in [5.41, 5.74) is 3.51. The van der Waals surface area contributed by atoms with Crippen molar-refractivity contribution in [3.05, 3.63) is 71.3 Å². The number of pyridine rings is 1. The van der Waals surface area contributed by atoms with Crippen molar-refractivity contribution in [1.29, 1.82) is 0 Å². The Bertz CT molecular complexity index is 952. The number of hydrogen-bond acceptors (Lipinski definition) is 4. The molecule has 1 N–H and O–H groups in total.